The molecule has 7 heteroatoms. The molecule has 0 spiro atoms. The van der Waals surface area contributed by atoms with Crippen LogP contribution in [0.25, 0.3) is 11.4 Å². The average molecular weight is 368 g/mol. The summed E-state index contributed by atoms with van der Waals surface area (Å²) in [7, 11) is 1.61. The molecule has 0 aliphatic rings. The standard InChI is InChI=1S/C19H20N4O2S/c1-4-25-16-9-8-14(11-17(16)24-3)12-20-23-18(21-22-19(23)26)15-7-5-6-13(2)10-15/h5-12H,4H2,1-3H3,(H,22,26). The highest BCUT2D eigenvalue weighted by Crippen LogP contribution is 2.27. The molecule has 0 radical (unpaired) electrons. The van der Waals surface area contributed by atoms with E-state index in [1.807, 2.05) is 56.3 Å². The number of H-pyrrole nitrogens is 1. The lowest BCUT2D eigenvalue weighted by Gasteiger charge is -2.09. The topological polar surface area (TPSA) is 64.4 Å². The fourth-order valence-corrected chi connectivity index (χ4v) is 2.71. The minimum Gasteiger partial charge on any atom is -0.493 e. The van der Waals surface area contributed by atoms with Gasteiger partial charge in [0.25, 0.3) is 0 Å². The third-order valence-electron chi connectivity index (χ3n) is 3.74. The summed E-state index contributed by atoms with van der Waals surface area (Å²) in [6.45, 7) is 4.54. The van der Waals surface area contributed by atoms with Crippen molar-refractivity contribution in [2.24, 2.45) is 5.10 Å². The van der Waals surface area contributed by atoms with E-state index in [1.165, 1.54) is 0 Å². The Balaban J connectivity index is 1.95. The summed E-state index contributed by atoms with van der Waals surface area (Å²) in [6, 6.07) is 13.7. The van der Waals surface area contributed by atoms with E-state index in [9.17, 15) is 0 Å². The predicted molar refractivity (Wildman–Crippen MR) is 105 cm³/mol. The molecule has 0 atom stereocenters. The van der Waals surface area contributed by atoms with Gasteiger partial charge in [0.1, 0.15) is 0 Å². The van der Waals surface area contributed by atoms with Crippen molar-refractivity contribution in [2.45, 2.75) is 13.8 Å². The number of nitrogens with zero attached hydrogens (tertiary/aromatic N) is 3. The minimum absolute atomic E-state index is 0.427. The van der Waals surface area contributed by atoms with Gasteiger partial charge in [0.2, 0.25) is 4.77 Å². The molecular weight excluding hydrogens is 348 g/mol. The Morgan fingerprint density at radius 3 is 2.81 bits per heavy atom. The van der Waals surface area contributed by atoms with Crippen LogP contribution in [-0.4, -0.2) is 34.8 Å². The van der Waals surface area contributed by atoms with Crippen LogP contribution in [0, 0.1) is 11.7 Å². The van der Waals surface area contributed by atoms with Gasteiger partial charge in [0.15, 0.2) is 17.3 Å². The van der Waals surface area contributed by atoms with Crippen molar-refractivity contribution in [1.82, 2.24) is 14.9 Å². The Hall–Kier alpha value is -2.93. The summed E-state index contributed by atoms with van der Waals surface area (Å²) in [5.41, 5.74) is 2.95. The van der Waals surface area contributed by atoms with E-state index < -0.39 is 0 Å². The van der Waals surface area contributed by atoms with Crippen LogP contribution in [0.15, 0.2) is 47.6 Å². The van der Waals surface area contributed by atoms with Crippen LogP contribution in [0.5, 0.6) is 11.5 Å². The maximum atomic E-state index is 5.53. The molecule has 1 heterocycles. The van der Waals surface area contributed by atoms with Gasteiger partial charge in [0.05, 0.1) is 19.9 Å². The van der Waals surface area contributed by atoms with Gasteiger partial charge in [-0.1, -0.05) is 23.8 Å². The number of hydrogen-bond acceptors (Lipinski definition) is 5. The second-order valence-corrected chi connectivity index (χ2v) is 6.01. The molecule has 26 heavy (non-hydrogen) atoms. The van der Waals surface area contributed by atoms with Gasteiger partial charge in [-0.15, -0.1) is 0 Å². The van der Waals surface area contributed by atoms with Crippen molar-refractivity contribution < 1.29 is 9.47 Å². The van der Waals surface area contributed by atoms with Crippen LogP contribution >= 0.6 is 12.2 Å². The highest BCUT2D eigenvalue weighted by Gasteiger charge is 2.09. The summed E-state index contributed by atoms with van der Waals surface area (Å²) in [5, 5.41) is 11.6. The van der Waals surface area contributed by atoms with E-state index >= 15 is 0 Å². The highest BCUT2D eigenvalue weighted by atomic mass is 32.1. The zero-order valence-corrected chi connectivity index (χ0v) is 15.7. The molecule has 0 unspecified atom stereocenters. The second kappa shape index (κ2) is 7.97. The maximum absolute atomic E-state index is 5.53. The van der Waals surface area contributed by atoms with Gasteiger partial charge in [-0.3, -0.25) is 0 Å². The summed E-state index contributed by atoms with van der Waals surface area (Å²) in [6.07, 6.45) is 1.71. The zero-order valence-electron chi connectivity index (χ0n) is 14.9. The van der Waals surface area contributed by atoms with Crippen molar-refractivity contribution in [2.75, 3.05) is 13.7 Å². The van der Waals surface area contributed by atoms with Crippen LogP contribution in [-0.2, 0) is 0 Å². The number of aromatic amines is 1. The molecule has 0 aliphatic heterocycles. The third-order valence-corrected chi connectivity index (χ3v) is 4.00. The summed E-state index contributed by atoms with van der Waals surface area (Å²) >= 11 is 5.31. The molecule has 1 N–H and O–H groups in total. The molecule has 6 nitrogen and oxygen atoms in total. The molecule has 0 bridgehead atoms. The SMILES string of the molecule is CCOc1ccc(C=Nn2c(-c3cccc(C)c3)n[nH]c2=S)cc1OC. The first-order valence-electron chi connectivity index (χ1n) is 8.22. The fourth-order valence-electron chi connectivity index (χ4n) is 2.53. The monoisotopic (exact) mass is 368 g/mol. The Morgan fingerprint density at radius 1 is 1.23 bits per heavy atom. The molecule has 0 amide bonds. The first-order valence-corrected chi connectivity index (χ1v) is 8.63. The highest BCUT2D eigenvalue weighted by molar-refractivity contribution is 7.71. The lowest BCUT2D eigenvalue weighted by Crippen LogP contribution is -1.98. The van der Waals surface area contributed by atoms with E-state index in [1.54, 1.807) is 18.0 Å². The van der Waals surface area contributed by atoms with Gasteiger partial charge in [0, 0.05) is 5.56 Å². The van der Waals surface area contributed by atoms with E-state index in [0.717, 1.165) is 16.7 Å². The molecule has 2 aromatic carbocycles. The predicted octanol–water partition coefficient (Wildman–Crippen LogP) is 4.21. The van der Waals surface area contributed by atoms with E-state index in [0.29, 0.717) is 28.7 Å². The Morgan fingerprint density at radius 2 is 2.08 bits per heavy atom. The average Bonchev–Trinajstić information content (AvgIpc) is 3.01. The number of nitrogens with one attached hydrogen (secondary N) is 1. The van der Waals surface area contributed by atoms with Gasteiger partial charge >= 0.3 is 0 Å². The quantitative estimate of drug-likeness (QED) is 0.523. The minimum atomic E-state index is 0.427. The summed E-state index contributed by atoms with van der Waals surface area (Å²) < 4.78 is 12.9. The summed E-state index contributed by atoms with van der Waals surface area (Å²) in [4.78, 5) is 0. The van der Waals surface area contributed by atoms with Crippen LogP contribution in [0.4, 0.5) is 0 Å². The fraction of sp³-hybridized carbons (Fsp3) is 0.211. The van der Waals surface area contributed by atoms with Gasteiger partial charge < -0.3 is 9.47 Å². The Bertz CT molecular complexity index is 991. The molecule has 0 saturated heterocycles. The molecule has 0 fully saturated rings. The lowest BCUT2D eigenvalue weighted by molar-refractivity contribution is 0.311. The van der Waals surface area contributed by atoms with E-state index in [-0.39, 0.29) is 0 Å². The largest absolute Gasteiger partial charge is 0.493 e. The van der Waals surface area contributed by atoms with Crippen LogP contribution in [0.3, 0.4) is 0 Å². The maximum Gasteiger partial charge on any atom is 0.216 e. The van der Waals surface area contributed by atoms with Crippen LogP contribution in [0.1, 0.15) is 18.1 Å². The lowest BCUT2D eigenvalue weighted by atomic mass is 10.1. The first kappa shape index (κ1) is 17.9. The van der Waals surface area contributed by atoms with Crippen molar-refractivity contribution in [1.29, 1.82) is 0 Å². The van der Waals surface area contributed by atoms with Crippen molar-refractivity contribution >= 4 is 18.4 Å². The number of rotatable bonds is 6. The number of methoxy groups -OCH3 is 1. The summed E-state index contributed by atoms with van der Waals surface area (Å²) in [5.74, 6) is 2.02. The smallest absolute Gasteiger partial charge is 0.216 e. The molecule has 3 aromatic rings. The number of aromatic nitrogens is 3. The molecule has 1 aromatic heterocycles. The van der Waals surface area contributed by atoms with Crippen LogP contribution in [0.2, 0.25) is 0 Å². The van der Waals surface area contributed by atoms with Crippen molar-refractivity contribution in [3.05, 3.63) is 58.4 Å². The molecular formula is C19H20N4O2S. The number of aryl methyl sites for hydroxylation is 1. The number of ether oxygens (including phenoxy) is 2. The van der Waals surface area contributed by atoms with Gasteiger partial charge in [-0.25, -0.2) is 5.10 Å². The van der Waals surface area contributed by atoms with Crippen LogP contribution < -0.4 is 9.47 Å². The van der Waals surface area contributed by atoms with Gasteiger partial charge in [-0.2, -0.15) is 14.9 Å². The Kier molecular flexibility index (Phi) is 5.48. The van der Waals surface area contributed by atoms with Gasteiger partial charge in [-0.05, 0) is 55.9 Å². The third kappa shape index (κ3) is 3.83. The normalized spacial score (nSPS) is 11.0. The second-order valence-electron chi connectivity index (χ2n) is 5.62. The van der Waals surface area contributed by atoms with E-state index in [2.05, 4.69) is 15.3 Å². The first-order chi connectivity index (χ1) is 12.6. The molecule has 3 rings (SSSR count). The number of hydrogen-bond donors (Lipinski definition) is 1. The van der Waals surface area contributed by atoms with Crippen molar-refractivity contribution in [3.63, 3.8) is 0 Å². The molecule has 0 saturated carbocycles. The number of benzene rings is 2. The van der Waals surface area contributed by atoms with E-state index in [4.69, 9.17) is 21.7 Å². The van der Waals surface area contributed by atoms with Crippen molar-refractivity contribution in [3.8, 4) is 22.9 Å². The Labute approximate surface area is 157 Å². The zero-order chi connectivity index (χ0) is 18.5. The molecule has 134 valence electrons. The molecule has 0 aliphatic carbocycles.